The van der Waals surface area contributed by atoms with Crippen LogP contribution in [0.4, 0.5) is 10.8 Å². The number of aromatic nitrogens is 2. The number of pyridine rings is 1. The molecule has 1 aliphatic heterocycles. The number of fused-ring (bicyclic) bond motifs is 1. The average molecular weight is 640 g/mol. The van der Waals surface area contributed by atoms with Gasteiger partial charge in [0, 0.05) is 32.2 Å². The van der Waals surface area contributed by atoms with Crippen LogP contribution in [0.25, 0.3) is 10.3 Å². The highest BCUT2D eigenvalue weighted by Gasteiger charge is 2.31. The van der Waals surface area contributed by atoms with E-state index in [9.17, 15) is 13.2 Å². The molecule has 1 saturated carbocycles. The first-order valence-corrected chi connectivity index (χ1v) is 17.2. The van der Waals surface area contributed by atoms with E-state index in [1.165, 1.54) is 28.5 Å². The summed E-state index contributed by atoms with van der Waals surface area (Å²) >= 11 is 7.66. The van der Waals surface area contributed by atoms with Crippen LogP contribution in [0.2, 0.25) is 5.02 Å². The summed E-state index contributed by atoms with van der Waals surface area (Å²) in [4.78, 5) is 25.7. The summed E-state index contributed by atoms with van der Waals surface area (Å²) in [5.41, 5.74) is 2.41. The number of hydrogen-bond acceptors (Lipinski definition) is 8. The van der Waals surface area contributed by atoms with Crippen LogP contribution in [0, 0.1) is 5.92 Å². The van der Waals surface area contributed by atoms with Crippen LogP contribution in [0.1, 0.15) is 43.6 Å². The number of sulfonamides is 1. The highest BCUT2D eigenvalue weighted by molar-refractivity contribution is 7.89. The molecular formula is C31H34ClN5O4S2. The van der Waals surface area contributed by atoms with Crippen molar-refractivity contribution in [1.82, 2.24) is 14.3 Å². The van der Waals surface area contributed by atoms with Crippen LogP contribution < -0.4 is 15.0 Å². The van der Waals surface area contributed by atoms with Gasteiger partial charge in [0.05, 0.1) is 28.6 Å². The van der Waals surface area contributed by atoms with E-state index in [1.807, 2.05) is 30.3 Å². The zero-order chi connectivity index (χ0) is 30.0. The Morgan fingerprint density at radius 2 is 1.74 bits per heavy atom. The molecule has 2 aliphatic rings. The molecule has 3 heterocycles. The maximum atomic E-state index is 13.7. The smallest absolute Gasteiger partial charge is 0.243 e. The highest BCUT2D eigenvalue weighted by Crippen LogP contribution is 2.36. The fourth-order valence-corrected chi connectivity index (χ4v) is 8.54. The predicted octanol–water partition coefficient (Wildman–Crippen LogP) is 6.17. The Kier molecular flexibility index (Phi) is 8.85. The van der Waals surface area contributed by atoms with E-state index < -0.39 is 15.9 Å². The van der Waals surface area contributed by atoms with Gasteiger partial charge in [0.2, 0.25) is 21.8 Å². The number of amides is 1. The maximum Gasteiger partial charge on any atom is 0.243 e. The van der Waals surface area contributed by atoms with Gasteiger partial charge >= 0.3 is 0 Å². The summed E-state index contributed by atoms with van der Waals surface area (Å²) in [6.45, 7) is 1.84. The number of rotatable bonds is 9. The normalized spacial score (nSPS) is 17.3. The van der Waals surface area contributed by atoms with Gasteiger partial charge in [-0.1, -0.05) is 72.9 Å². The Morgan fingerprint density at radius 3 is 2.44 bits per heavy atom. The topological polar surface area (TPSA) is 105 Å². The van der Waals surface area contributed by atoms with Crippen molar-refractivity contribution >= 4 is 60.0 Å². The Labute approximate surface area is 260 Å². The van der Waals surface area contributed by atoms with Gasteiger partial charge in [-0.05, 0) is 48.2 Å². The minimum absolute atomic E-state index is 0.149. The number of anilines is 2. The molecule has 1 N–H and O–H groups in total. The molecular weight excluding hydrogens is 606 g/mol. The number of para-hydroxylation sites is 1. The molecule has 4 aromatic rings. The number of piperazine rings is 1. The standard InChI is InChI=1S/C31H34ClN5O4S2/c1-41-28-15-14-26-30(34-28)42-31(33-26)35-29(38)24(20-21-6-2-3-7-21)22-10-12-23(13-11-22)43(39,40)37-18-16-36(17-19-37)27-9-5-4-8-25(27)32/h4-5,8-15,21,24H,2-3,6-7,16-20H2,1H3,(H,33,35,38). The molecule has 6 rings (SSSR count). The van der Waals surface area contributed by atoms with Crippen molar-refractivity contribution in [3.8, 4) is 5.88 Å². The van der Waals surface area contributed by atoms with Gasteiger partial charge in [-0.2, -0.15) is 4.31 Å². The van der Waals surface area contributed by atoms with Gasteiger partial charge < -0.3 is 15.0 Å². The SMILES string of the molecule is COc1ccc2nc(NC(=O)C(CC3CCCC3)c3ccc(S(=O)(=O)N4CCN(c5ccccc5Cl)CC4)cc3)sc2n1. The maximum absolute atomic E-state index is 13.7. The Bertz CT molecular complexity index is 1700. The van der Waals surface area contributed by atoms with E-state index in [1.54, 1.807) is 37.4 Å². The van der Waals surface area contributed by atoms with Crippen molar-refractivity contribution in [2.24, 2.45) is 5.92 Å². The van der Waals surface area contributed by atoms with E-state index in [-0.39, 0.29) is 10.8 Å². The number of thiazole rings is 1. The molecule has 2 aromatic carbocycles. The number of benzene rings is 2. The third kappa shape index (κ3) is 6.50. The van der Waals surface area contributed by atoms with Crippen LogP contribution in [-0.2, 0) is 14.8 Å². The summed E-state index contributed by atoms with van der Waals surface area (Å²) in [6, 6.07) is 18.0. The second kappa shape index (κ2) is 12.8. The molecule has 1 amide bonds. The van der Waals surface area contributed by atoms with Gasteiger partial charge in [-0.3, -0.25) is 4.79 Å². The van der Waals surface area contributed by atoms with Crippen molar-refractivity contribution in [3.63, 3.8) is 0 Å². The van der Waals surface area contributed by atoms with Gasteiger partial charge in [0.25, 0.3) is 0 Å². The molecule has 1 unspecified atom stereocenters. The average Bonchev–Trinajstić information content (AvgIpc) is 3.69. The number of methoxy groups -OCH3 is 1. The molecule has 43 heavy (non-hydrogen) atoms. The van der Waals surface area contributed by atoms with Gasteiger partial charge in [0.1, 0.15) is 10.3 Å². The van der Waals surface area contributed by atoms with E-state index in [2.05, 4.69) is 20.2 Å². The first-order chi connectivity index (χ1) is 20.8. The van der Waals surface area contributed by atoms with Crippen molar-refractivity contribution in [3.05, 3.63) is 71.2 Å². The molecule has 0 bridgehead atoms. The lowest BCUT2D eigenvalue weighted by Crippen LogP contribution is -2.48. The minimum atomic E-state index is -3.68. The Morgan fingerprint density at radius 1 is 1.02 bits per heavy atom. The molecule has 2 aromatic heterocycles. The third-order valence-corrected chi connectivity index (χ3v) is 11.5. The number of nitrogens with zero attached hydrogens (tertiary/aromatic N) is 4. The molecule has 1 atom stereocenters. The van der Waals surface area contributed by atoms with Crippen LogP contribution >= 0.6 is 22.9 Å². The fraction of sp³-hybridized carbons (Fsp3) is 0.387. The number of ether oxygens (including phenoxy) is 1. The second-order valence-corrected chi connectivity index (χ2v) is 14.4. The monoisotopic (exact) mass is 639 g/mol. The molecule has 9 nitrogen and oxygen atoms in total. The van der Waals surface area contributed by atoms with E-state index in [0.717, 1.165) is 24.1 Å². The van der Waals surface area contributed by atoms with Crippen LogP contribution in [0.3, 0.4) is 0 Å². The summed E-state index contributed by atoms with van der Waals surface area (Å²) in [5, 5.41) is 4.14. The number of nitrogens with one attached hydrogen (secondary N) is 1. The number of hydrogen-bond donors (Lipinski definition) is 1. The molecule has 2 fully saturated rings. The van der Waals surface area contributed by atoms with Crippen LogP contribution in [0.15, 0.2) is 65.6 Å². The third-order valence-electron chi connectivity index (χ3n) is 8.38. The zero-order valence-electron chi connectivity index (χ0n) is 23.9. The largest absolute Gasteiger partial charge is 0.481 e. The van der Waals surface area contributed by atoms with Gasteiger partial charge in [0.15, 0.2) is 5.13 Å². The lowest BCUT2D eigenvalue weighted by Gasteiger charge is -2.35. The Hall–Kier alpha value is -3.25. The number of carbonyl (C=O) groups is 1. The van der Waals surface area contributed by atoms with Crippen molar-refractivity contribution in [2.45, 2.75) is 42.9 Å². The molecule has 0 radical (unpaired) electrons. The molecule has 226 valence electrons. The first kappa shape index (κ1) is 29.8. The first-order valence-electron chi connectivity index (χ1n) is 14.5. The molecule has 1 saturated heterocycles. The number of carbonyl (C=O) groups excluding carboxylic acids is 1. The van der Waals surface area contributed by atoms with Crippen molar-refractivity contribution in [2.75, 3.05) is 43.5 Å². The van der Waals surface area contributed by atoms with Crippen LogP contribution in [0.5, 0.6) is 5.88 Å². The summed E-state index contributed by atoms with van der Waals surface area (Å²) in [7, 11) is -2.12. The van der Waals surface area contributed by atoms with Crippen molar-refractivity contribution < 1.29 is 17.9 Å². The van der Waals surface area contributed by atoms with E-state index in [0.29, 0.717) is 64.9 Å². The number of halogens is 1. The minimum Gasteiger partial charge on any atom is -0.481 e. The zero-order valence-corrected chi connectivity index (χ0v) is 26.3. The Balaban J connectivity index is 1.17. The molecule has 12 heteroatoms. The van der Waals surface area contributed by atoms with Crippen LogP contribution in [-0.4, -0.2) is 61.9 Å². The molecule has 1 aliphatic carbocycles. The van der Waals surface area contributed by atoms with E-state index >= 15 is 0 Å². The summed E-state index contributed by atoms with van der Waals surface area (Å²) in [5.74, 6) is 0.373. The fourth-order valence-electron chi connectivity index (χ4n) is 6.03. The molecule has 0 spiro atoms. The van der Waals surface area contributed by atoms with Crippen molar-refractivity contribution in [1.29, 1.82) is 0 Å². The van der Waals surface area contributed by atoms with Gasteiger partial charge in [-0.15, -0.1) is 0 Å². The summed E-state index contributed by atoms with van der Waals surface area (Å²) < 4.78 is 33.8. The quantitative estimate of drug-likeness (QED) is 0.234. The van der Waals surface area contributed by atoms with E-state index in [4.69, 9.17) is 16.3 Å². The second-order valence-electron chi connectivity index (χ2n) is 11.0. The lowest BCUT2D eigenvalue weighted by atomic mass is 9.87. The lowest BCUT2D eigenvalue weighted by molar-refractivity contribution is -0.118. The highest BCUT2D eigenvalue weighted by atomic mass is 35.5. The van der Waals surface area contributed by atoms with Gasteiger partial charge in [-0.25, -0.2) is 18.4 Å². The summed E-state index contributed by atoms with van der Waals surface area (Å²) in [6.07, 6.45) is 5.25. The predicted molar refractivity (Wildman–Crippen MR) is 171 cm³/mol.